The standard InChI is InChI=1S/C15H9Cl2F2NO4/c16-11-5-9(6-20-13(11)17)14(22)23-7-12(21)8-1-3-10(4-2-8)24-15(18)19/h1-6,15H,7H2. The highest BCUT2D eigenvalue weighted by molar-refractivity contribution is 6.41. The fraction of sp³-hybridized carbons (Fsp3) is 0.133. The number of esters is 1. The predicted octanol–water partition coefficient (Wildman–Crippen LogP) is 4.03. The van der Waals surface area contributed by atoms with Gasteiger partial charge in [0.2, 0.25) is 0 Å². The van der Waals surface area contributed by atoms with Gasteiger partial charge < -0.3 is 9.47 Å². The van der Waals surface area contributed by atoms with E-state index in [0.717, 1.165) is 6.20 Å². The average Bonchev–Trinajstić information content (AvgIpc) is 2.55. The van der Waals surface area contributed by atoms with E-state index in [9.17, 15) is 18.4 Å². The van der Waals surface area contributed by atoms with Crippen molar-refractivity contribution in [2.24, 2.45) is 0 Å². The monoisotopic (exact) mass is 375 g/mol. The first-order valence-corrected chi connectivity index (χ1v) is 7.18. The van der Waals surface area contributed by atoms with Crippen molar-refractivity contribution in [1.82, 2.24) is 4.98 Å². The van der Waals surface area contributed by atoms with Gasteiger partial charge in [0, 0.05) is 11.8 Å². The molecule has 1 aromatic carbocycles. The minimum absolute atomic E-state index is 0.0374. The Balaban J connectivity index is 1.94. The summed E-state index contributed by atoms with van der Waals surface area (Å²) in [6, 6.07) is 6.26. The summed E-state index contributed by atoms with van der Waals surface area (Å²) in [7, 11) is 0. The molecular formula is C15H9Cl2F2NO4. The second-order valence-electron chi connectivity index (χ2n) is 4.40. The van der Waals surface area contributed by atoms with Gasteiger partial charge in [-0.1, -0.05) is 23.2 Å². The van der Waals surface area contributed by atoms with Crippen LogP contribution in [0.1, 0.15) is 20.7 Å². The number of hydrogen-bond donors (Lipinski definition) is 0. The lowest BCUT2D eigenvalue weighted by molar-refractivity contribution is -0.0498. The van der Waals surface area contributed by atoms with E-state index in [0.29, 0.717) is 0 Å². The first kappa shape index (κ1) is 18.1. The maximum absolute atomic E-state index is 12.0. The van der Waals surface area contributed by atoms with Crippen LogP contribution in [-0.4, -0.2) is 30.0 Å². The van der Waals surface area contributed by atoms with Crippen molar-refractivity contribution in [3.05, 3.63) is 57.8 Å². The summed E-state index contributed by atoms with van der Waals surface area (Å²) in [5.41, 5.74) is 0.217. The topological polar surface area (TPSA) is 65.5 Å². The molecule has 1 aromatic heterocycles. The van der Waals surface area contributed by atoms with Crippen molar-refractivity contribution in [3.8, 4) is 5.75 Å². The van der Waals surface area contributed by atoms with E-state index in [1.807, 2.05) is 0 Å². The SMILES string of the molecule is O=C(COC(=O)c1cnc(Cl)c(Cl)c1)c1ccc(OC(F)F)cc1. The molecule has 24 heavy (non-hydrogen) atoms. The Bertz CT molecular complexity index is 754. The van der Waals surface area contributed by atoms with Gasteiger partial charge in [0.1, 0.15) is 10.9 Å². The number of ether oxygens (including phenoxy) is 2. The lowest BCUT2D eigenvalue weighted by Gasteiger charge is -2.07. The molecule has 126 valence electrons. The van der Waals surface area contributed by atoms with E-state index in [1.54, 1.807) is 0 Å². The molecule has 1 heterocycles. The second-order valence-corrected chi connectivity index (χ2v) is 5.16. The van der Waals surface area contributed by atoms with E-state index in [4.69, 9.17) is 27.9 Å². The van der Waals surface area contributed by atoms with E-state index in [1.165, 1.54) is 30.3 Å². The van der Waals surface area contributed by atoms with Crippen molar-refractivity contribution in [1.29, 1.82) is 0 Å². The third kappa shape index (κ3) is 4.87. The Morgan fingerprint density at radius 3 is 2.38 bits per heavy atom. The summed E-state index contributed by atoms with van der Waals surface area (Å²) < 4.78 is 33.1. The maximum atomic E-state index is 12.0. The van der Waals surface area contributed by atoms with Crippen molar-refractivity contribution < 1.29 is 27.8 Å². The van der Waals surface area contributed by atoms with Crippen LogP contribution in [0.25, 0.3) is 0 Å². The molecule has 0 aliphatic heterocycles. The van der Waals surface area contributed by atoms with Crippen LogP contribution >= 0.6 is 23.2 Å². The molecule has 0 radical (unpaired) electrons. The number of halogens is 4. The summed E-state index contributed by atoms with van der Waals surface area (Å²) in [5, 5.41) is 0.113. The molecule has 0 saturated carbocycles. The fourth-order valence-corrected chi connectivity index (χ4v) is 1.92. The molecule has 0 aliphatic carbocycles. The number of rotatable bonds is 6. The summed E-state index contributed by atoms with van der Waals surface area (Å²) in [5.74, 6) is -1.40. The molecule has 0 aliphatic rings. The van der Waals surface area contributed by atoms with Gasteiger partial charge in [-0.3, -0.25) is 4.79 Å². The molecule has 2 rings (SSSR count). The lowest BCUT2D eigenvalue weighted by atomic mass is 10.1. The van der Waals surface area contributed by atoms with Crippen LogP contribution in [0.15, 0.2) is 36.5 Å². The average molecular weight is 376 g/mol. The molecule has 0 amide bonds. The molecule has 0 bridgehead atoms. The summed E-state index contributed by atoms with van der Waals surface area (Å²) in [4.78, 5) is 27.4. The van der Waals surface area contributed by atoms with Gasteiger partial charge >= 0.3 is 12.6 Å². The van der Waals surface area contributed by atoms with Crippen LogP contribution in [0.3, 0.4) is 0 Å². The number of alkyl halides is 2. The van der Waals surface area contributed by atoms with E-state index < -0.39 is 25.0 Å². The molecule has 9 heteroatoms. The number of carbonyl (C=O) groups excluding carboxylic acids is 2. The molecule has 0 saturated heterocycles. The predicted molar refractivity (Wildman–Crippen MR) is 81.9 cm³/mol. The van der Waals surface area contributed by atoms with E-state index in [2.05, 4.69) is 9.72 Å². The molecule has 0 unspecified atom stereocenters. The number of benzene rings is 1. The third-order valence-corrected chi connectivity index (χ3v) is 3.45. The number of carbonyl (C=O) groups is 2. The number of aromatic nitrogens is 1. The number of ketones is 1. The molecule has 5 nitrogen and oxygen atoms in total. The van der Waals surface area contributed by atoms with Crippen molar-refractivity contribution >= 4 is 35.0 Å². The first-order valence-electron chi connectivity index (χ1n) is 6.43. The van der Waals surface area contributed by atoms with Crippen LogP contribution in [0, 0.1) is 0 Å². The molecular weight excluding hydrogens is 367 g/mol. The number of Topliss-reactive ketones (excluding diaryl/α,β-unsaturated/α-hetero) is 1. The molecule has 0 spiro atoms. The Morgan fingerprint density at radius 1 is 1.12 bits per heavy atom. The van der Waals surface area contributed by atoms with E-state index in [-0.39, 0.29) is 27.1 Å². The Morgan fingerprint density at radius 2 is 1.79 bits per heavy atom. The van der Waals surface area contributed by atoms with Crippen LogP contribution in [0.5, 0.6) is 5.75 Å². The summed E-state index contributed by atoms with van der Waals surface area (Å²) in [6.45, 7) is -3.49. The van der Waals surface area contributed by atoms with Crippen LogP contribution < -0.4 is 4.74 Å². The van der Waals surface area contributed by atoms with Crippen LogP contribution in [-0.2, 0) is 4.74 Å². The van der Waals surface area contributed by atoms with Gasteiger partial charge in [-0.25, -0.2) is 9.78 Å². The van der Waals surface area contributed by atoms with Crippen molar-refractivity contribution in [2.75, 3.05) is 6.61 Å². The number of nitrogens with zero attached hydrogens (tertiary/aromatic N) is 1. The van der Waals surface area contributed by atoms with Crippen LogP contribution in [0.4, 0.5) is 8.78 Å². The quantitative estimate of drug-likeness (QED) is 0.433. The third-order valence-electron chi connectivity index (χ3n) is 2.77. The highest BCUT2D eigenvalue weighted by atomic mass is 35.5. The summed E-state index contributed by atoms with van der Waals surface area (Å²) in [6.07, 6.45) is 1.16. The molecule has 0 N–H and O–H groups in total. The molecule has 2 aromatic rings. The smallest absolute Gasteiger partial charge is 0.387 e. The van der Waals surface area contributed by atoms with Gasteiger partial charge in [-0.05, 0) is 30.3 Å². The van der Waals surface area contributed by atoms with Crippen molar-refractivity contribution in [2.45, 2.75) is 6.61 Å². The fourth-order valence-electron chi connectivity index (χ4n) is 1.65. The number of hydrogen-bond acceptors (Lipinski definition) is 5. The zero-order valence-electron chi connectivity index (χ0n) is 11.8. The zero-order valence-corrected chi connectivity index (χ0v) is 13.4. The van der Waals surface area contributed by atoms with Crippen molar-refractivity contribution in [3.63, 3.8) is 0 Å². The van der Waals surface area contributed by atoms with Gasteiger partial charge in [-0.15, -0.1) is 0 Å². The van der Waals surface area contributed by atoms with Gasteiger partial charge in [0.25, 0.3) is 0 Å². The Hall–Kier alpha value is -2.25. The van der Waals surface area contributed by atoms with Crippen LogP contribution in [0.2, 0.25) is 10.2 Å². The summed E-state index contributed by atoms with van der Waals surface area (Å²) >= 11 is 11.4. The maximum Gasteiger partial charge on any atom is 0.387 e. The minimum atomic E-state index is -2.95. The van der Waals surface area contributed by atoms with Gasteiger partial charge in [0.05, 0.1) is 10.6 Å². The molecule has 0 atom stereocenters. The van der Waals surface area contributed by atoms with E-state index >= 15 is 0 Å². The molecule has 0 fully saturated rings. The Kier molecular flexibility index (Phi) is 6.05. The van der Waals surface area contributed by atoms with Gasteiger partial charge in [-0.2, -0.15) is 8.78 Å². The lowest BCUT2D eigenvalue weighted by Crippen LogP contribution is -2.14. The second kappa shape index (κ2) is 8.03. The van der Waals surface area contributed by atoms with Gasteiger partial charge in [0.15, 0.2) is 12.4 Å². The minimum Gasteiger partial charge on any atom is -0.454 e. The largest absolute Gasteiger partial charge is 0.454 e. The Labute approximate surface area is 145 Å². The number of pyridine rings is 1. The normalized spacial score (nSPS) is 10.5. The highest BCUT2D eigenvalue weighted by Gasteiger charge is 2.14. The highest BCUT2D eigenvalue weighted by Crippen LogP contribution is 2.20. The first-order chi connectivity index (χ1) is 11.4. The zero-order chi connectivity index (χ0) is 17.7.